The van der Waals surface area contributed by atoms with Crippen LogP contribution in [0.15, 0.2) is 29.2 Å². The summed E-state index contributed by atoms with van der Waals surface area (Å²) in [4.78, 5) is 1.30. The second kappa shape index (κ2) is 5.71. The van der Waals surface area contributed by atoms with Gasteiger partial charge in [0.25, 0.3) is 0 Å². The molecule has 0 aliphatic rings. The van der Waals surface area contributed by atoms with Gasteiger partial charge in [0, 0.05) is 16.5 Å². The Morgan fingerprint density at radius 1 is 1.31 bits per heavy atom. The first-order valence-electron chi connectivity index (χ1n) is 5.56. The molecule has 3 heteroatoms. The Bertz CT molecular complexity index is 314. The average molecular weight is 238 g/mol. The summed E-state index contributed by atoms with van der Waals surface area (Å²) in [6.45, 7) is 4.13. The molecule has 0 saturated heterocycles. The molecule has 1 aromatic carbocycles. The van der Waals surface area contributed by atoms with Crippen LogP contribution < -0.4 is 11.1 Å². The Morgan fingerprint density at radius 2 is 1.88 bits per heavy atom. The molecular formula is C13H22N2S. The van der Waals surface area contributed by atoms with E-state index in [2.05, 4.69) is 49.7 Å². The van der Waals surface area contributed by atoms with Gasteiger partial charge in [0.2, 0.25) is 0 Å². The molecule has 0 spiro atoms. The molecule has 3 N–H and O–H groups in total. The van der Waals surface area contributed by atoms with E-state index in [-0.39, 0.29) is 5.54 Å². The van der Waals surface area contributed by atoms with Gasteiger partial charge in [-0.1, -0.05) is 12.1 Å². The molecule has 0 amide bonds. The van der Waals surface area contributed by atoms with Crippen molar-refractivity contribution in [2.45, 2.75) is 36.7 Å². The molecule has 1 atom stereocenters. The van der Waals surface area contributed by atoms with Crippen molar-refractivity contribution in [3.8, 4) is 0 Å². The third kappa shape index (κ3) is 4.16. The van der Waals surface area contributed by atoms with E-state index < -0.39 is 0 Å². The van der Waals surface area contributed by atoms with Crippen LogP contribution in [0.3, 0.4) is 0 Å². The summed E-state index contributed by atoms with van der Waals surface area (Å²) in [5.41, 5.74) is 7.22. The molecule has 0 bridgehead atoms. The fourth-order valence-corrected chi connectivity index (χ4v) is 2.16. The third-order valence-corrected chi connectivity index (χ3v) is 3.34. The highest BCUT2D eigenvalue weighted by Crippen LogP contribution is 2.24. The molecule has 1 unspecified atom stereocenters. The molecule has 2 nitrogen and oxygen atoms in total. The maximum absolute atomic E-state index is 6.06. The van der Waals surface area contributed by atoms with Crippen LogP contribution in [-0.4, -0.2) is 18.8 Å². The Balaban J connectivity index is 2.79. The fraction of sp³-hybridized carbons (Fsp3) is 0.538. The highest BCUT2D eigenvalue weighted by atomic mass is 32.2. The van der Waals surface area contributed by atoms with Crippen LogP contribution in [-0.2, 0) is 0 Å². The lowest BCUT2D eigenvalue weighted by molar-refractivity contribution is 0.396. The number of hydrogen-bond donors (Lipinski definition) is 2. The van der Waals surface area contributed by atoms with E-state index in [1.54, 1.807) is 11.8 Å². The van der Waals surface area contributed by atoms with Crippen molar-refractivity contribution in [3.05, 3.63) is 29.8 Å². The van der Waals surface area contributed by atoms with E-state index in [1.807, 2.05) is 7.05 Å². The van der Waals surface area contributed by atoms with Crippen molar-refractivity contribution in [3.63, 3.8) is 0 Å². The standard InChI is InChI=1S/C13H22N2S/c1-13(2,14)9-12(15-3)10-5-7-11(16-4)8-6-10/h5-8,12,15H,9,14H2,1-4H3. The summed E-state index contributed by atoms with van der Waals surface area (Å²) in [7, 11) is 1.99. The van der Waals surface area contributed by atoms with E-state index in [1.165, 1.54) is 10.5 Å². The first kappa shape index (κ1) is 13.6. The van der Waals surface area contributed by atoms with E-state index in [0.29, 0.717) is 6.04 Å². The zero-order valence-corrected chi connectivity index (χ0v) is 11.4. The molecule has 90 valence electrons. The predicted molar refractivity (Wildman–Crippen MR) is 72.9 cm³/mol. The summed E-state index contributed by atoms with van der Waals surface area (Å²) in [6, 6.07) is 9.01. The minimum atomic E-state index is -0.147. The van der Waals surface area contributed by atoms with Crippen molar-refractivity contribution in [1.82, 2.24) is 5.32 Å². The number of rotatable bonds is 5. The lowest BCUT2D eigenvalue weighted by Gasteiger charge is -2.26. The average Bonchev–Trinajstić information content (AvgIpc) is 2.25. The highest BCUT2D eigenvalue weighted by molar-refractivity contribution is 7.98. The molecule has 16 heavy (non-hydrogen) atoms. The summed E-state index contributed by atoms with van der Waals surface area (Å²) < 4.78 is 0. The van der Waals surface area contributed by atoms with Crippen molar-refractivity contribution >= 4 is 11.8 Å². The van der Waals surface area contributed by atoms with Crippen molar-refractivity contribution < 1.29 is 0 Å². The van der Waals surface area contributed by atoms with E-state index >= 15 is 0 Å². The monoisotopic (exact) mass is 238 g/mol. The molecule has 0 radical (unpaired) electrons. The molecule has 0 fully saturated rings. The zero-order chi connectivity index (χ0) is 12.2. The Morgan fingerprint density at radius 3 is 2.25 bits per heavy atom. The summed E-state index contributed by atoms with van der Waals surface area (Å²) in [5, 5.41) is 3.33. The van der Waals surface area contributed by atoms with Gasteiger partial charge in [-0.05, 0) is 51.3 Å². The Kier molecular flexibility index (Phi) is 4.84. The Hall–Kier alpha value is -0.510. The van der Waals surface area contributed by atoms with Gasteiger partial charge in [-0.3, -0.25) is 0 Å². The normalized spacial score (nSPS) is 13.8. The van der Waals surface area contributed by atoms with Crippen LogP contribution in [0.2, 0.25) is 0 Å². The maximum atomic E-state index is 6.06. The number of hydrogen-bond acceptors (Lipinski definition) is 3. The molecule has 0 aromatic heterocycles. The van der Waals surface area contributed by atoms with Crippen molar-refractivity contribution in [2.75, 3.05) is 13.3 Å². The molecule has 0 saturated carbocycles. The topological polar surface area (TPSA) is 38.0 Å². The molecule has 1 rings (SSSR count). The number of benzene rings is 1. The minimum absolute atomic E-state index is 0.147. The van der Waals surface area contributed by atoms with Gasteiger partial charge < -0.3 is 11.1 Å². The molecule has 0 aliphatic heterocycles. The molecule has 0 aliphatic carbocycles. The van der Waals surface area contributed by atoms with Gasteiger partial charge >= 0.3 is 0 Å². The predicted octanol–water partition coefficient (Wildman–Crippen LogP) is 2.80. The summed E-state index contributed by atoms with van der Waals surface area (Å²) in [5.74, 6) is 0. The molecular weight excluding hydrogens is 216 g/mol. The van der Waals surface area contributed by atoms with Crippen LogP contribution in [0, 0.1) is 0 Å². The second-order valence-electron chi connectivity index (χ2n) is 4.81. The second-order valence-corrected chi connectivity index (χ2v) is 5.69. The number of thioether (sulfide) groups is 1. The number of nitrogens with two attached hydrogens (primary N) is 1. The first-order chi connectivity index (χ1) is 7.46. The minimum Gasteiger partial charge on any atom is -0.325 e. The number of nitrogens with one attached hydrogen (secondary N) is 1. The van der Waals surface area contributed by atoms with Gasteiger partial charge in [-0.25, -0.2) is 0 Å². The fourth-order valence-electron chi connectivity index (χ4n) is 1.75. The highest BCUT2D eigenvalue weighted by Gasteiger charge is 2.18. The van der Waals surface area contributed by atoms with Crippen LogP contribution >= 0.6 is 11.8 Å². The maximum Gasteiger partial charge on any atom is 0.0334 e. The Labute approximate surface area is 103 Å². The van der Waals surface area contributed by atoms with E-state index in [4.69, 9.17) is 5.73 Å². The lowest BCUT2D eigenvalue weighted by atomic mass is 9.92. The van der Waals surface area contributed by atoms with Crippen LogP contribution in [0.4, 0.5) is 0 Å². The summed E-state index contributed by atoms with van der Waals surface area (Å²) >= 11 is 1.76. The largest absolute Gasteiger partial charge is 0.325 e. The third-order valence-electron chi connectivity index (χ3n) is 2.60. The molecule has 1 aromatic rings. The lowest BCUT2D eigenvalue weighted by Crippen LogP contribution is -2.36. The van der Waals surface area contributed by atoms with Crippen molar-refractivity contribution in [2.24, 2.45) is 5.73 Å². The zero-order valence-electron chi connectivity index (χ0n) is 10.6. The van der Waals surface area contributed by atoms with Gasteiger partial charge in [0.1, 0.15) is 0 Å². The van der Waals surface area contributed by atoms with E-state index in [9.17, 15) is 0 Å². The van der Waals surface area contributed by atoms with Crippen LogP contribution in [0.1, 0.15) is 31.9 Å². The SMILES string of the molecule is CNC(CC(C)(C)N)c1ccc(SC)cc1. The quantitative estimate of drug-likeness (QED) is 0.775. The van der Waals surface area contributed by atoms with Crippen LogP contribution in [0.25, 0.3) is 0 Å². The van der Waals surface area contributed by atoms with Crippen LogP contribution in [0.5, 0.6) is 0 Å². The van der Waals surface area contributed by atoms with Gasteiger partial charge in [0.05, 0.1) is 0 Å². The molecule has 0 heterocycles. The van der Waals surface area contributed by atoms with Crippen molar-refractivity contribution in [1.29, 1.82) is 0 Å². The van der Waals surface area contributed by atoms with Gasteiger partial charge in [-0.2, -0.15) is 0 Å². The summed E-state index contributed by atoms with van der Waals surface area (Å²) in [6.07, 6.45) is 3.02. The van der Waals surface area contributed by atoms with E-state index in [0.717, 1.165) is 6.42 Å². The smallest absolute Gasteiger partial charge is 0.0334 e. The van der Waals surface area contributed by atoms with Gasteiger partial charge in [-0.15, -0.1) is 11.8 Å². The van der Waals surface area contributed by atoms with Gasteiger partial charge in [0.15, 0.2) is 0 Å². The first-order valence-corrected chi connectivity index (χ1v) is 6.79.